The van der Waals surface area contributed by atoms with Crippen LogP contribution in [-0.2, 0) is 4.79 Å². The Morgan fingerprint density at radius 1 is 1.23 bits per heavy atom. The number of anilines is 2. The predicted octanol–water partition coefficient (Wildman–Crippen LogP) is 4.28. The minimum absolute atomic E-state index is 0.139. The van der Waals surface area contributed by atoms with Crippen molar-refractivity contribution in [2.75, 3.05) is 30.1 Å². The van der Waals surface area contributed by atoms with E-state index in [-0.39, 0.29) is 17.5 Å². The molecule has 116 valence electrons. The number of thioether (sulfide) groups is 1. The van der Waals surface area contributed by atoms with Crippen LogP contribution in [0.2, 0.25) is 5.02 Å². The molecule has 0 aromatic heterocycles. The molecule has 0 bridgehead atoms. The molecule has 0 saturated heterocycles. The van der Waals surface area contributed by atoms with Crippen LogP contribution in [0.4, 0.5) is 15.8 Å². The number of benzene rings is 2. The maximum absolute atomic E-state index is 12.8. The van der Waals surface area contributed by atoms with Gasteiger partial charge < -0.3 is 10.2 Å². The van der Waals surface area contributed by atoms with Gasteiger partial charge in [0.2, 0.25) is 5.91 Å². The Hall–Kier alpha value is -1.72. The van der Waals surface area contributed by atoms with Crippen LogP contribution in [0.5, 0.6) is 0 Å². The summed E-state index contributed by atoms with van der Waals surface area (Å²) >= 11 is 7.33. The van der Waals surface area contributed by atoms with E-state index in [1.807, 2.05) is 25.1 Å². The van der Waals surface area contributed by atoms with Gasteiger partial charge in [0.05, 0.1) is 17.1 Å². The first-order valence-corrected chi connectivity index (χ1v) is 7.97. The summed E-state index contributed by atoms with van der Waals surface area (Å²) in [6.07, 6.45) is 0. The van der Waals surface area contributed by atoms with Crippen LogP contribution < -0.4 is 10.2 Å². The number of rotatable bonds is 5. The average molecular weight is 339 g/mol. The standard InChI is InChI=1S/C16H16ClFN2OS/c1-20(2)15-8-3-11(17)9-14(15)19-16(21)10-22-13-6-4-12(18)5-7-13/h3-9H,10H2,1-2H3,(H,19,21). The Morgan fingerprint density at radius 2 is 1.91 bits per heavy atom. The zero-order valence-corrected chi connectivity index (χ0v) is 13.8. The van der Waals surface area contributed by atoms with Crippen molar-refractivity contribution in [3.8, 4) is 0 Å². The third-order valence-electron chi connectivity index (χ3n) is 2.90. The number of nitrogens with zero attached hydrogens (tertiary/aromatic N) is 1. The molecule has 0 aliphatic rings. The van der Waals surface area contributed by atoms with Crippen molar-refractivity contribution in [1.82, 2.24) is 0 Å². The second kappa shape index (κ2) is 7.51. The van der Waals surface area contributed by atoms with E-state index in [2.05, 4.69) is 5.32 Å². The second-order valence-electron chi connectivity index (χ2n) is 4.85. The molecule has 1 amide bonds. The third kappa shape index (κ3) is 4.64. The molecule has 22 heavy (non-hydrogen) atoms. The quantitative estimate of drug-likeness (QED) is 0.826. The number of carbonyl (C=O) groups excluding carboxylic acids is 1. The van der Waals surface area contributed by atoms with E-state index in [1.165, 1.54) is 23.9 Å². The number of halogens is 2. The summed E-state index contributed by atoms with van der Waals surface area (Å²) in [6, 6.07) is 11.4. The van der Waals surface area contributed by atoms with E-state index in [0.717, 1.165) is 10.6 Å². The lowest BCUT2D eigenvalue weighted by atomic mass is 10.2. The van der Waals surface area contributed by atoms with Crippen LogP contribution in [0.3, 0.4) is 0 Å². The summed E-state index contributed by atoms with van der Waals surface area (Å²) in [6.45, 7) is 0. The van der Waals surface area contributed by atoms with Gasteiger partial charge in [0.15, 0.2) is 0 Å². The van der Waals surface area contributed by atoms with E-state index in [0.29, 0.717) is 10.7 Å². The largest absolute Gasteiger partial charge is 0.376 e. The summed E-state index contributed by atoms with van der Waals surface area (Å²) in [7, 11) is 3.79. The molecule has 0 aliphatic carbocycles. The van der Waals surface area contributed by atoms with Crippen molar-refractivity contribution >= 4 is 40.6 Å². The fourth-order valence-electron chi connectivity index (χ4n) is 1.86. The Balaban J connectivity index is 2.00. The van der Waals surface area contributed by atoms with Gasteiger partial charge in [-0.2, -0.15) is 0 Å². The highest BCUT2D eigenvalue weighted by Gasteiger charge is 2.10. The monoisotopic (exact) mass is 338 g/mol. The minimum Gasteiger partial charge on any atom is -0.376 e. The summed E-state index contributed by atoms with van der Waals surface area (Å²) in [5, 5.41) is 3.42. The first-order valence-electron chi connectivity index (χ1n) is 6.61. The number of carbonyl (C=O) groups is 1. The molecule has 0 spiro atoms. The summed E-state index contributed by atoms with van der Waals surface area (Å²) < 4.78 is 12.8. The molecule has 0 heterocycles. The molecule has 0 radical (unpaired) electrons. The number of nitrogens with one attached hydrogen (secondary N) is 1. The highest BCUT2D eigenvalue weighted by Crippen LogP contribution is 2.28. The fourth-order valence-corrected chi connectivity index (χ4v) is 2.73. The first-order chi connectivity index (χ1) is 10.5. The summed E-state index contributed by atoms with van der Waals surface area (Å²) in [4.78, 5) is 14.8. The molecular formula is C16H16ClFN2OS. The summed E-state index contributed by atoms with van der Waals surface area (Å²) in [5.41, 5.74) is 1.55. The lowest BCUT2D eigenvalue weighted by molar-refractivity contribution is -0.113. The van der Waals surface area contributed by atoms with Crippen LogP contribution in [0.15, 0.2) is 47.4 Å². The molecule has 2 rings (SSSR count). The van der Waals surface area contributed by atoms with E-state index in [4.69, 9.17) is 11.6 Å². The molecule has 0 atom stereocenters. The van der Waals surface area contributed by atoms with Crippen LogP contribution in [-0.4, -0.2) is 25.8 Å². The third-order valence-corrected chi connectivity index (χ3v) is 4.15. The van der Waals surface area contributed by atoms with Gasteiger partial charge in [0, 0.05) is 24.0 Å². The molecule has 6 heteroatoms. The Labute approximate surface area is 138 Å². The second-order valence-corrected chi connectivity index (χ2v) is 6.33. The Kier molecular flexibility index (Phi) is 5.69. The normalized spacial score (nSPS) is 10.4. The van der Waals surface area contributed by atoms with Crippen molar-refractivity contribution in [1.29, 1.82) is 0 Å². The smallest absolute Gasteiger partial charge is 0.234 e. The van der Waals surface area contributed by atoms with Gasteiger partial charge in [0.25, 0.3) is 0 Å². The fraction of sp³-hybridized carbons (Fsp3) is 0.188. The Bertz CT molecular complexity index is 662. The van der Waals surface area contributed by atoms with Gasteiger partial charge in [-0.3, -0.25) is 4.79 Å². The SMILES string of the molecule is CN(C)c1ccc(Cl)cc1NC(=O)CSc1ccc(F)cc1. The molecule has 1 N–H and O–H groups in total. The summed E-state index contributed by atoms with van der Waals surface area (Å²) in [5.74, 6) is -0.187. The molecule has 0 unspecified atom stereocenters. The predicted molar refractivity (Wildman–Crippen MR) is 91.5 cm³/mol. The lowest BCUT2D eigenvalue weighted by Gasteiger charge is -2.18. The first kappa shape index (κ1) is 16.6. The average Bonchev–Trinajstić information content (AvgIpc) is 2.46. The molecule has 3 nitrogen and oxygen atoms in total. The van der Waals surface area contributed by atoms with Crippen molar-refractivity contribution < 1.29 is 9.18 Å². The maximum Gasteiger partial charge on any atom is 0.234 e. The van der Waals surface area contributed by atoms with Crippen LogP contribution >= 0.6 is 23.4 Å². The zero-order chi connectivity index (χ0) is 16.1. The maximum atomic E-state index is 12.8. The van der Waals surface area contributed by atoms with Gasteiger partial charge >= 0.3 is 0 Å². The van der Waals surface area contributed by atoms with Crippen molar-refractivity contribution in [3.63, 3.8) is 0 Å². The molecule has 0 fully saturated rings. The van der Waals surface area contributed by atoms with E-state index in [9.17, 15) is 9.18 Å². The molecule has 0 saturated carbocycles. The topological polar surface area (TPSA) is 32.3 Å². The van der Waals surface area contributed by atoms with Crippen molar-refractivity contribution in [2.24, 2.45) is 0 Å². The Morgan fingerprint density at radius 3 is 2.55 bits per heavy atom. The minimum atomic E-state index is -0.289. The van der Waals surface area contributed by atoms with Crippen molar-refractivity contribution in [3.05, 3.63) is 53.3 Å². The number of hydrogen-bond acceptors (Lipinski definition) is 3. The van der Waals surface area contributed by atoms with Crippen LogP contribution in [0.25, 0.3) is 0 Å². The lowest BCUT2D eigenvalue weighted by Crippen LogP contribution is -2.18. The highest BCUT2D eigenvalue weighted by molar-refractivity contribution is 8.00. The van der Waals surface area contributed by atoms with E-state index in [1.54, 1.807) is 24.3 Å². The molecule has 0 aliphatic heterocycles. The van der Waals surface area contributed by atoms with E-state index < -0.39 is 0 Å². The van der Waals surface area contributed by atoms with Crippen LogP contribution in [0, 0.1) is 5.82 Å². The van der Waals surface area contributed by atoms with Gasteiger partial charge in [-0.05, 0) is 42.5 Å². The van der Waals surface area contributed by atoms with Gasteiger partial charge in [-0.1, -0.05) is 11.6 Å². The van der Waals surface area contributed by atoms with Gasteiger partial charge in [-0.25, -0.2) is 4.39 Å². The molecule has 2 aromatic rings. The number of hydrogen-bond donors (Lipinski definition) is 1. The van der Waals surface area contributed by atoms with E-state index >= 15 is 0 Å². The van der Waals surface area contributed by atoms with Crippen LogP contribution in [0.1, 0.15) is 0 Å². The molecule has 2 aromatic carbocycles. The van der Waals surface area contributed by atoms with Crippen molar-refractivity contribution in [2.45, 2.75) is 4.90 Å². The van der Waals surface area contributed by atoms with Gasteiger partial charge in [0.1, 0.15) is 5.82 Å². The van der Waals surface area contributed by atoms with Gasteiger partial charge in [-0.15, -0.1) is 11.8 Å². The molecular weight excluding hydrogens is 323 g/mol. The highest BCUT2D eigenvalue weighted by atomic mass is 35.5. The number of amides is 1. The zero-order valence-electron chi connectivity index (χ0n) is 12.3.